The number of aliphatic hydroxyl groups excluding tert-OH is 1. The van der Waals surface area contributed by atoms with Crippen molar-refractivity contribution in [2.45, 2.75) is 45.9 Å². The Morgan fingerprint density at radius 2 is 1.60 bits per heavy atom. The lowest BCUT2D eigenvalue weighted by Crippen LogP contribution is -2.78. The number of aliphatic hydroxyl groups is 1. The van der Waals surface area contributed by atoms with Gasteiger partial charge in [-0.15, -0.1) is 0 Å². The molecule has 1 aromatic carbocycles. The van der Waals surface area contributed by atoms with Crippen molar-refractivity contribution in [3.05, 3.63) is 35.5 Å². The number of fused-ring (bicyclic) bond motifs is 1. The molecule has 6 rings (SSSR count). The van der Waals surface area contributed by atoms with Gasteiger partial charge < -0.3 is 10.1 Å². The van der Waals surface area contributed by atoms with Crippen LogP contribution in [0.3, 0.4) is 0 Å². The van der Waals surface area contributed by atoms with Crippen molar-refractivity contribution in [1.82, 2.24) is 14.8 Å². The fourth-order valence-electron chi connectivity index (χ4n) is 6.23. The molecule has 0 saturated carbocycles. The molecule has 0 amide bonds. The highest BCUT2D eigenvalue weighted by atomic mass is 16.3. The average molecular weight is 339 g/mol. The highest BCUT2D eigenvalue weighted by molar-refractivity contribution is 5.85. The Morgan fingerprint density at radius 3 is 2.16 bits per heavy atom. The molecule has 4 heteroatoms. The predicted molar refractivity (Wildman–Crippen MR) is 100 cm³/mol. The quantitative estimate of drug-likeness (QED) is 0.902. The molecule has 5 heterocycles. The number of piperidine rings is 2. The SMILES string of the molecule is CCC12CN3CC(CC)(CN(C1)C3c1c(C)[nH]c3ccccc13)C2O. The molecule has 2 aromatic rings. The fourth-order valence-corrected chi connectivity index (χ4v) is 6.23. The third kappa shape index (κ3) is 1.88. The van der Waals surface area contributed by atoms with Gasteiger partial charge in [-0.2, -0.15) is 0 Å². The molecule has 2 N–H and O–H groups in total. The Bertz CT molecular complexity index is 786. The summed E-state index contributed by atoms with van der Waals surface area (Å²) in [5.41, 5.74) is 4.06. The molecular formula is C21H29N3O. The van der Waals surface area contributed by atoms with Crippen molar-refractivity contribution < 1.29 is 5.11 Å². The first kappa shape index (κ1) is 15.9. The summed E-state index contributed by atoms with van der Waals surface area (Å²) >= 11 is 0. The smallest absolute Gasteiger partial charge is 0.0910 e. The highest BCUT2D eigenvalue weighted by Gasteiger charge is 2.64. The number of para-hydroxylation sites is 1. The van der Waals surface area contributed by atoms with E-state index in [4.69, 9.17) is 0 Å². The zero-order valence-corrected chi connectivity index (χ0v) is 15.5. The molecule has 0 radical (unpaired) electrons. The molecule has 4 aliphatic heterocycles. The van der Waals surface area contributed by atoms with Crippen LogP contribution in [-0.4, -0.2) is 52.2 Å². The van der Waals surface area contributed by atoms with E-state index in [0.717, 1.165) is 39.0 Å². The molecule has 4 nitrogen and oxygen atoms in total. The number of benzene rings is 1. The van der Waals surface area contributed by atoms with Crippen LogP contribution in [0.1, 0.15) is 44.1 Å². The van der Waals surface area contributed by atoms with Gasteiger partial charge in [-0.1, -0.05) is 32.0 Å². The van der Waals surface area contributed by atoms with E-state index in [1.54, 1.807) is 0 Å². The van der Waals surface area contributed by atoms with E-state index in [0.29, 0.717) is 6.17 Å². The van der Waals surface area contributed by atoms with Crippen molar-refractivity contribution in [3.8, 4) is 0 Å². The van der Waals surface area contributed by atoms with Crippen molar-refractivity contribution in [3.63, 3.8) is 0 Å². The second-order valence-electron chi connectivity index (χ2n) is 8.73. The molecule has 25 heavy (non-hydrogen) atoms. The number of hydrogen-bond acceptors (Lipinski definition) is 3. The van der Waals surface area contributed by atoms with Crippen LogP contribution < -0.4 is 0 Å². The van der Waals surface area contributed by atoms with Crippen molar-refractivity contribution in [1.29, 1.82) is 0 Å². The Hall–Kier alpha value is -1.36. The van der Waals surface area contributed by atoms with Gasteiger partial charge in [-0.3, -0.25) is 9.80 Å². The average Bonchev–Trinajstić information content (AvgIpc) is 2.94. The molecule has 4 aliphatic rings. The molecule has 134 valence electrons. The lowest BCUT2D eigenvalue weighted by Gasteiger charge is -2.69. The van der Waals surface area contributed by atoms with Crippen molar-refractivity contribution in [2.75, 3.05) is 26.2 Å². The van der Waals surface area contributed by atoms with Gasteiger partial charge in [0.05, 0.1) is 12.3 Å². The van der Waals surface area contributed by atoms with Crippen LogP contribution in [0, 0.1) is 17.8 Å². The van der Waals surface area contributed by atoms with Crippen LogP contribution in [0.2, 0.25) is 0 Å². The molecule has 0 unspecified atom stereocenters. The van der Waals surface area contributed by atoms with Crippen molar-refractivity contribution in [2.24, 2.45) is 10.8 Å². The molecule has 0 atom stereocenters. The van der Waals surface area contributed by atoms with Crippen molar-refractivity contribution >= 4 is 10.9 Å². The number of H-pyrrole nitrogens is 1. The maximum Gasteiger partial charge on any atom is 0.0910 e. The number of nitrogens with zero attached hydrogens (tertiary/aromatic N) is 2. The van der Waals surface area contributed by atoms with E-state index in [1.165, 1.54) is 22.2 Å². The molecule has 4 saturated heterocycles. The Balaban J connectivity index is 1.64. The highest BCUT2D eigenvalue weighted by Crippen LogP contribution is 2.57. The minimum Gasteiger partial charge on any atom is -0.392 e. The summed E-state index contributed by atoms with van der Waals surface area (Å²) in [5.74, 6) is 0. The Labute approximate surface area is 149 Å². The van der Waals surface area contributed by atoms with Crippen LogP contribution in [0.5, 0.6) is 0 Å². The molecule has 1 aromatic heterocycles. The molecule has 0 spiro atoms. The number of nitrogens with one attached hydrogen (secondary N) is 1. The predicted octanol–water partition coefficient (Wildman–Crippen LogP) is 3.27. The van der Waals surface area contributed by atoms with E-state index >= 15 is 0 Å². The molecule has 4 fully saturated rings. The van der Waals surface area contributed by atoms with Gasteiger partial charge in [0, 0.05) is 59.2 Å². The van der Waals surface area contributed by atoms with Gasteiger partial charge in [0.15, 0.2) is 0 Å². The maximum atomic E-state index is 11.2. The minimum absolute atomic E-state index is 0.0447. The summed E-state index contributed by atoms with van der Waals surface area (Å²) in [6, 6.07) is 8.68. The molecule has 4 bridgehead atoms. The normalized spacial score (nSPS) is 42.4. The monoisotopic (exact) mass is 339 g/mol. The van der Waals surface area contributed by atoms with Crippen LogP contribution in [-0.2, 0) is 0 Å². The maximum absolute atomic E-state index is 11.2. The number of rotatable bonds is 3. The number of aromatic nitrogens is 1. The standard InChI is InChI=1S/C21H29N3O/c1-4-20-10-23-12-21(5-2,19(20)25)13-24(11-20)18(23)17-14(3)22-16-9-7-6-8-15(16)17/h6-9,18-19,22,25H,4-5,10-13H2,1-3H3. The van der Waals surface area contributed by atoms with Gasteiger partial charge in [0.2, 0.25) is 0 Å². The van der Waals surface area contributed by atoms with Crippen LogP contribution in [0.25, 0.3) is 10.9 Å². The van der Waals surface area contributed by atoms with Gasteiger partial charge in [-0.05, 0) is 25.8 Å². The van der Waals surface area contributed by atoms with Crippen LogP contribution >= 0.6 is 0 Å². The lowest BCUT2D eigenvalue weighted by molar-refractivity contribution is -0.266. The van der Waals surface area contributed by atoms with E-state index in [-0.39, 0.29) is 16.9 Å². The van der Waals surface area contributed by atoms with E-state index < -0.39 is 0 Å². The third-order valence-electron chi connectivity index (χ3n) is 7.53. The first-order valence-electron chi connectivity index (χ1n) is 9.77. The summed E-state index contributed by atoms with van der Waals surface area (Å²) in [6.45, 7) is 10.8. The van der Waals surface area contributed by atoms with Crippen LogP contribution in [0.15, 0.2) is 24.3 Å². The Morgan fingerprint density at radius 1 is 1.04 bits per heavy atom. The zero-order chi connectivity index (χ0) is 17.4. The topological polar surface area (TPSA) is 42.5 Å². The lowest BCUT2D eigenvalue weighted by atomic mass is 9.57. The molecule has 0 aliphatic carbocycles. The minimum atomic E-state index is -0.160. The first-order chi connectivity index (χ1) is 12.0. The summed E-state index contributed by atoms with van der Waals surface area (Å²) in [6.07, 6.45) is 2.31. The number of aromatic amines is 1. The van der Waals surface area contributed by atoms with E-state index in [2.05, 4.69) is 59.8 Å². The van der Waals surface area contributed by atoms with Gasteiger partial charge >= 0.3 is 0 Å². The third-order valence-corrected chi connectivity index (χ3v) is 7.53. The second-order valence-corrected chi connectivity index (χ2v) is 8.73. The van der Waals surface area contributed by atoms with E-state index in [1.807, 2.05) is 0 Å². The number of aryl methyl sites for hydroxylation is 1. The fraction of sp³-hybridized carbons (Fsp3) is 0.619. The zero-order valence-electron chi connectivity index (χ0n) is 15.5. The summed E-state index contributed by atoms with van der Waals surface area (Å²) in [4.78, 5) is 8.91. The van der Waals surface area contributed by atoms with Gasteiger partial charge in [0.25, 0.3) is 0 Å². The summed E-state index contributed by atoms with van der Waals surface area (Å²) in [7, 11) is 0. The van der Waals surface area contributed by atoms with Crippen LogP contribution in [0.4, 0.5) is 0 Å². The van der Waals surface area contributed by atoms with E-state index in [9.17, 15) is 5.11 Å². The largest absolute Gasteiger partial charge is 0.392 e. The second kappa shape index (κ2) is 5.09. The van der Waals surface area contributed by atoms with Gasteiger partial charge in [-0.25, -0.2) is 0 Å². The number of hydrogen-bond donors (Lipinski definition) is 2. The summed E-state index contributed by atoms with van der Waals surface area (Å²) < 4.78 is 0. The first-order valence-corrected chi connectivity index (χ1v) is 9.77. The molecular weight excluding hydrogens is 310 g/mol. The van der Waals surface area contributed by atoms with Gasteiger partial charge in [0.1, 0.15) is 0 Å². The Kier molecular flexibility index (Phi) is 3.23. The summed E-state index contributed by atoms with van der Waals surface area (Å²) in [5, 5.41) is 12.6.